The van der Waals surface area contributed by atoms with Gasteiger partial charge >= 0.3 is 0 Å². The van der Waals surface area contributed by atoms with E-state index in [4.69, 9.17) is 15.8 Å². The van der Waals surface area contributed by atoms with Crippen LogP contribution in [0.5, 0.6) is 0 Å². The Morgan fingerprint density at radius 3 is 2.86 bits per heavy atom. The fraction of sp³-hybridized carbons (Fsp3) is 0.720. The summed E-state index contributed by atoms with van der Waals surface area (Å²) in [5, 5.41) is 8.16. The zero-order valence-corrected chi connectivity index (χ0v) is 20.7. The van der Waals surface area contributed by atoms with Crippen LogP contribution in [0.15, 0.2) is 12.3 Å². The molecule has 9 nitrogen and oxygen atoms in total. The summed E-state index contributed by atoms with van der Waals surface area (Å²) >= 11 is 0. The number of alkyl halides is 1. The summed E-state index contributed by atoms with van der Waals surface area (Å²) in [4.78, 5) is 24.5. The second-order valence-corrected chi connectivity index (χ2v) is 11.1. The molecule has 0 saturated carbocycles. The second-order valence-electron chi connectivity index (χ2n) is 11.1. The maximum Gasteiger partial charge on any atom is 0.244 e. The molecule has 3 N–H and O–H groups in total. The molecule has 2 aromatic rings. The Morgan fingerprint density at radius 2 is 2.06 bits per heavy atom. The van der Waals surface area contributed by atoms with Gasteiger partial charge < -0.3 is 15.5 Å². The molecule has 4 aliphatic rings. The first kappa shape index (κ1) is 23.1. The van der Waals surface area contributed by atoms with Crippen LogP contribution in [-0.2, 0) is 4.79 Å². The number of hydrogen-bond donors (Lipinski definition) is 2. The van der Waals surface area contributed by atoms with E-state index >= 15 is 4.39 Å². The Bertz CT molecular complexity index is 1110. The molecule has 2 aromatic heterocycles. The topological polar surface area (TPSA) is 95.0 Å². The predicted molar refractivity (Wildman–Crippen MR) is 132 cm³/mol. The number of nitrogens with one attached hydrogen (secondary N) is 1. The highest BCUT2D eigenvalue weighted by atomic mass is 19.1. The van der Waals surface area contributed by atoms with Gasteiger partial charge in [-0.2, -0.15) is 5.10 Å². The number of nitrogens with two attached hydrogens (primary N) is 1. The van der Waals surface area contributed by atoms with Gasteiger partial charge in [0.2, 0.25) is 5.91 Å². The van der Waals surface area contributed by atoms with E-state index in [0.717, 1.165) is 74.3 Å². The van der Waals surface area contributed by atoms with Gasteiger partial charge in [0.05, 0.1) is 17.9 Å². The van der Waals surface area contributed by atoms with E-state index in [2.05, 4.69) is 17.1 Å². The monoisotopic (exact) mass is 484 g/mol. The van der Waals surface area contributed by atoms with Gasteiger partial charge in [0.15, 0.2) is 11.9 Å². The van der Waals surface area contributed by atoms with Crippen molar-refractivity contribution in [1.82, 2.24) is 29.7 Å². The molecule has 4 unspecified atom stereocenters. The first-order chi connectivity index (χ1) is 16.9. The van der Waals surface area contributed by atoms with Crippen LogP contribution in [0.3, 0.4) is 0 Å². The summed E-state index contributed by atoms with van der Waals surface area (Å²) in [6.45, 7) is 7.30. The highest BCUT2D eigenvalue weighted by Gasteiger charge is 2.48. The molecule has 6 heterocycles. The molecule has 190 valence electrons. The zero-order chi connectivity index (χ0) is 24.3. The number of fused-ring (bicyclic) bond motifs is 2. The van der Waals surface area contributed by atoms with Gasteiger partial charge in [-0.3, -0.25) is 15.0 Å². The molecule has 0 radical (unpaired) electrons. The molecule has 0 spiro atoms. The number of anilines is 1. The van der Waals surface area contributed by atoms with Crippen molar-refractivity contribution in [2.24, 2.45) is 11.7 Å². The van der Waals surface area contributed by atoms with E-state index < -0.39 is 12.3 Å². The Labute approximate surface area is 205 Å². The van der Waals surface area contributed by atoms with Crippen molar-refractivity contribution in [3.63, 3.8) is 0 Å². The van der Waals surface area contributed by atoms with E-state index in [1.165, 1.54) is 0 Å². The van der Waals surface area contributed by atoms with Crippen LogP contribution in [-0.4, -0.2) is 81.0 Å². The van der Waals surface area contributed by atoms with Crippen molar-refractivity contribution in [1.29, 1.82) is 0 Å². The number of aryl methyl sites for hydroxylation is 1. The van der Waals surface area contributed by atoms with Crippen LogP contribution in [0.2, 0.25) is 0 Å². The summed E-state index contributed by atoms with van der Waals surface area (Å²) in [6, 6.07) is 1.21. The molecular weight excluding hydrogens is 447 g/mol. The molecule has 10 heteroatoms. The minimum atomic E-state index is -1.28. The lowest BCUT2D eigenvalue weighted by Gasteiger charge is -2.36. The number of nitrogens with zero attached hydrogens (tertiary/aromatic N) is 6. The normalized spacial score (nSPS) is 34.1. The van der Waals surface area contributed by atoms with Gasteiger partial charge in [-0.05, 0) is 51.4 Å². The highest BCUT2D eigenvalue weighted by molar-refractivity contribution is 5.83. The number of piperidine rings is 2. The van der Waals surface area contributed by atoms with E-state index in [1.807, 2.05) is 33.5 Å². The average Bonchev–Trinajstić information content (AvgIpc) is 3.54. The van der Waals surface area contributed by atoms with Crippen LogP contribution < -0.4 is 16.0 Å². The third kappa shape index (κ3) is 4.09. The molecule has 6 rings (SSSR count). The van der Waals surface area contributed by atoms with E-state index in [9.17, 15) is 4.79 Å². The molecule has 1 amide bonds. The van der Waals surface area contributed by atoms with Gasteiger partial charge in [0.25, 0.3) is 0 Å². The Kier molecular flexibility index (Phi) is 5.93. The lowest BCUT2D eigenvalue weighted by Crippen LogP contribution is -2.51. The molecule has 0 aromatic carbocycles. The van der Waals surface area contributed by atoms with Gasteiger partial charge in [-0.25, -0.2) is 13.9 Å². The first-order valence-corrected chi connectivity index (χ1v) is 13.2. The van der Waals surface area contributed by atoms with Crippen molar-refractivity contribution >= 4 is 17.4 Å². The predicted octanol–water partition coefficient (Wildman–Crippen LogP) is 1.95. The van der Waals surface area contributed by atoms with Crippen LogP contribution in [0.1, 0.15) is 62.7 Å². The highest BCUT2D eigenvalue weighted by Crippen LogP contribution is 2.35. The van der Waals surface area contributed by atoms with Crippen LogP contribution in [0.4, 0.5) is 10.2 Å². The van der Waals surface area contributed by atoms with E-state index in [-0.39, 0.29) is 24.2 Å². The lowest BCUT2D eigenvalue weighted by atomic mass is 9.97. The molecule has 4 saturated heterocycles. The van der Waals surface area contributed by atoms with Gasteiger partial charge in [0.1, 0.15) is 11.9 Å². The zero-order valence-electron chi connectivity index (χ0n) is 20.7. The maximum absolute atomic E-state index is 15.4. The molecule has 0 aliphatic carbocycles. The molecule has 6 atom stereocenters. The quantitative estimate of drug-likeness (QED) is 0.643. The van der Waals surface area contributed by atoms with Crippen LogP contribution >= 0.6 is 0 Å². The number of likely N-dealkylation sites (tertiary alicyclic amines) is 1. The third-order valence-corrected chi connectivity index (χ3v) is 8.41. The minimum Gasteiger partial charge on any atom is -0.355 e. The largest absolute Gasteiger partial charge is 0.355 e. The third-order valence-electron chi connectivity index (χ3n) is 8.41. The first-order valence-electron chi connectivity index (χ1n) is 13.2. The van der Waals surface area contributed by atoms with Crippen molar-refractivity contribution in [2.45, 2.75) is 83.0 Å². The van der Waals surface area contributed by atoms with E-state index in [1.54, 1.807) is 0 Å². The standard InChI is InChI=1S/C25H37FN8O/c1-15-6-10-33-20(11-15)28-22(23(33)26)25(35)32-8-4-3-5-19(32)18-12-21-29-24(16(2)13-34(21)30-18)31-9-7-17(27)14-31/h12-13,15,17,19-20,22-23,28H,3-11,14,27H2,1-2H3/t15?,17-,19-,20?,22?,23?/m0/s1. The Hall–Kier alpha value is -2.30. The number of amides is 1. The Morgan fingerprint density at radius 1 is 1.20 bits per heavy atom. The van der Waals surface area contributed by atoms with Crippen molar-refractivity contribution in [2.75, 3.05) is 31.1 Å². The number of aromatic nitrogens is 3. The molecule has 35 heavy (non-hydrogen) atoms. The fourth-order valence-electron chi connectivity index (χ4n) is 6.45. The summed E-state index contributed by atoms with van der Waals surface area (Å²) in [5.74, 6) is 1.36. The van der Waals surface area contributed by atoms with Gasteiger partial charge in [0, 0.05) is 50.0 Å². The van der Waals surface area contributed by atoms with Gasteiger partial charge in [-0.1, -0.05) is 6.92 Å². The fourth-order valence-corrected chi connectivity index (χ4v) is 6.45. The van der Waals surface area contributed by atoms with Gasteiger partial charge in [-0.15, -0.1) is 0 Å². The van der Waals surface area contributed by atoms with Crippen LogP contribution in [0, 0.1) is 12.8 Å². The smallest absolute Gasteiger partial charge is 0.244 e. The lowest BCUT2D eigenvalue weighted by molar-refractivity contribution is -0.139. The van der Waals surface area contributed by atoms with E-state index in [0.29, 0.717) is 19.0 Å². The maximum atomic E-state index is 15.4. The van der Waals surface area contributed by atoms with Crippen LogP contribution in [0.25, 0.3) is 5.65 Å². The number of carbonyl (C=O) groups is 1. The number of carbonyl (C=O) groups excluding carboxylic acids is 1. The average molecular weight is 485 g/mol. The summed E-state index contributed by atoms with van der Waals surface area (Å²) in [5.41, 5.74) is 8.78. The molecule has 4 fully saturated rings. The second kappa shape index (κ2) is 8.97. The Balaban J connectivity index is 1.26. The SMILES string of the molecule is Cc1cn2nc([C@@H]3CCCCN3C(=O)C3NC4CC(C)CCN4C3F)cc2nc1N1CC[C@H](N)C1. The van der Waals surface area contributed by atoms with Crippen molar-refractivity contribution in [3.05, 3.63) is 23.5 Å². The molecule has 0 bridgehead atoms. The minimum absolute atomic E-state index is 0.0505. The number of rotatable bonds is 3. The number of hydrogen-bond acceptors (Lipinski definition) is 7. The number of halogens is 1. The summed E-state index contributed by atoms with van der Waals surface area (Å²) < 4.78 is 17.2. The van der Waals surface area contributed by atoms with Crippen molar-refractivity contribution in [3.8, 4) is 0 Å². The summed E-state index contributed by atoms with van der Waals surface area (Å²) in [7, 11) is 0. The molecule has 4 aliphatic heterocycles. The molecular formula is C25H37FN8O. The summed E-state index contributed by atoms with van der Waals surface area (Å²) in [6.07, 6.45) is 6.30. The van der Waals surface area contributed by atoms with Crippen molar-refractivity contribution < 1.29 is 9.18 Å².